The Morgan fingerprint density at radius 2 is 2.09 bits per heavy atom. The van der Waals surface area contributed by atoms with Crippen LogP contribution in [-0.2, 0) is 4.79 Å². The van der Waals surface area contributed by atoms with Crippen LogP contribution < -0.4 is 9.47 Å². The van der Waals surface area contributed by atoms with Crippen LogP contribution in [-0.4, -0.2) is 28.5 Å². The van der Waals surface area contributed by atoms with E-state index in [1.54, 1.807) is 4.90 Å². The Balaban J connectivity index is 1.90. The highest BCUT2D eigenvalue weighted by Gasteiger charge is 2.32. The molecule has 1 amide bonds. The van der Waals surface area contributed by atoms with E-state index in [1.807, 2.05) is 18.2 Å². The van der Waals surface area contributed by atoms with Crippen molar-refractivity contribution in [3.05, 3.63) is 27.1 Å². The number of hydrogen-bond donors (Lipinski definition) is 0. The van der Waals surface area contributed by atoms with Crippen molar-refractivity contribution in [3.8, 4) is 11.5 Å². The predicted molar refractivity (Wildman–Crippen MR) is 95.0 cm³/mol. The predicted octanol–water partition coefficient (Wildman–Crippen LogP) is 4.04. The molecule has 116 valence electrons. The van der Waals surface area contributed by atoms with E-state index in [1.165, 1.54) is 11.8 Å². The summed E-state index contributed by atoms with van der Waals surface area (Å²) in [4.78, 5) is 14.8. The smallest absolute Gasteiger partial charge is 0.266 e. The minimum absolute atomic E-state index is 0.0340. The number of thioether (sulfide) groups is 1. The van der Waals surface area contributed by atoms with E-state index in [0.29, 0.717) is 33.2 Å². The number of rotatable bonds is 3. The van der Waals surface area contributed by atoms with E-state index >= 15 is 0 Å². The first kappa shape index (κ1) is 15.8. The first-order chi connectivity index (χ1) is 10.5. The molecule has 1 fully saturated rings. The van der Waals surface area contributed by atoms with Gasteiger partial charge in [0.2, 0.25) is 6.79 Å². The average molecular weight is 400 g/mol. The molecule has 1 saturated heterocycles. The van der Waals surface area contributed by atoms with Gasteiger partial charge in [-0.05, 0) is 29.7 Å². The van der Waals surface area contributed by atoms with E-state index in [-0.39, 0.29) is 12.7 Å². The number of benzene rings is 1. The molecular formula is C15H14BrNO3S2. The highest BCUT2D eigenvalue weighted by atomic mass is 79.9. The van der Waals surface area contributed by atoms with Gasteiger partial charge in [0, 0.05) is 11.0 Å². The summed E-state index contributed by atoms with van der Waals surface area (Å²) in [6, 6.07) is 3.71. The second kappa shape index (κ2) is 6.22. The zero-order valence-corrected chi connectivity index (χ0v) is 15.3. The molecule has 1 aromatic rings. The van der Waals surface area contributed by atoms with Crippen LogP contribution in [0.4, 0.5) is 0 Å². The number of hydrogen-bond acceptors (Lipinski definition) is 5. The number of ether oxygens (including phenoxy) is 2. The van der Waals surface area contributed by atoms with Gasteiger partial charge in [-0.2, -0.15) is 0 Å². The van der Waals surface area contributed by atoms with Crippen molar-refractivity contribution in [2.24, 2.45) is 5.92 Å². The quantitative estimate of drug-likeness (QED) is 0.566. The fraction of sp³-hybridized carbons (Fsp3) is 0.333. The maximum absolute atomic E-state index is 12.5. The van der Waals surface area contributed by atoms with E-state index in [2.05, 4.69) is 29.8 Å². The summed E-state index contributed by atoms with van der Waals surface area (Å²) in [5.74, 6) is 1.73. The molecule has 0 radical (unpaired) electrons. The summed E-state index contributed by atoms with van der Waals surface area (Å²) in [5.41, 5.74) is 0.870. The first-order valence-electron chi connectivity index (χ1n) is 6.80. The summed E-state index contributed by atoms with van der Waals surface area (Å²) in [5, 5.41) is 0. The monoisotopic (exact) mass is 399 g/mol. The molecule has 22 heavy (non-hydrogen) atoms. The highest BCUT2D eigenvalue weighted by molar-refractivity contribution is 9.10. The van der Waals surface area contributed by atoms with Crippen molar-refractivity contribution < 1.29 is 14.3 Å². The van der Waals surface area contributed by atoms with Crippen molar-refractivity contribution in [2.75, 3.05) is 13.3 Å². The normalized spacial score (nSPS) is 18.9. The lowest BCUT2D eigenvalue weighted by Gasteiger charge is -2.16. The molecule has 3 rings (SSSR count). The Labute approximate surface area is 147 Å². The van der Waals surface area contributed by atoms with Gasteiger partial charge in [-0.15, -0.1) is 0 Å². The summed E-state index contributed by atoms with van der Waals surface area (Å²) in [7, 11) is 0. The number of nitrogens with zero attached hydrogens (tertiary/aromatic N) is 1. The average Bonchev–Trinajstić information content (AvgIpc) is 2.99. The van der Waals surface area contributed by atoms with Crippen molar-refractivity contribution in [1.29, 1.82) is 0 Å². The topological polar surface area (TPSA) is 38.8 Å². The summed E-state index contributed by atoms with van der Waals surface area (Å²) in [6.07, 6.45) is 1.84. The molecule has 0 aromatic heterocycles. The lowest BCUT2D eigenvalue weighted by molar-refractivity contribution is -0.122. The molecule has 0 aliphatic carbocycles. The molecular weight excluding hydrogens is 386 g/mol. The van der Waals surface area contributed by atoms with Crippen LogP contribution in [0, 0.1) is 5.92 Å². The lowest BCUT2D eigenvalue weighted by Crippen LogP contribution is -2.31. The molecule has 0 unspecified atom stereocenters. The van der Waals surface area contributed by atoms with Gasteiger partial charge in [-0.1, -0.05) is 53.8 Å². The Morgan fingerprint density at radius 1 is 1.41 bits per heavy atom. The third-order valence-electron chi connectivity index (χ3n) is 3.20. The zero-order chi connectivity index (χ0) is 15.9. The molecule has 2 aliphatic rings. The summed E-state index contributed by atoms with van der Waals surface area (Å²) >= 11 is 10.1. The summed E-state index contributed by atoms with van der Waals surface area (Å²) < 4.78 is 12.2. The third kappa shape index (κ3) is 3.02. The molecule has 0 saturated carbocycles. The fourth-order valence-corrected chi connectivity index (χ4v) is 3.91. The van der Waals surface area contributed by atoms with Gasteiger partial charge >= 0.3 is 0 Å². The van der Waals surface area contributed by atoms with Gasteiger partial charge in [0.1, 0.15) is 4.32 Å². The fourth-order valence-electron chi connectivity index (χ4n) is 2.21. The molecule has 2 aliphatic heterocycles. The molecule has 0 N–H and O–H groups in total. The highest BCUT2D eigenvalue weighted by Crippen LogP contribution is 2.40. The van der Waals surface area contributed by atoms with Crippen LogP contribution in [0.25, 0.3) is 6.08 Å². The minimum Gasteiger partial charge on any atom is -0.454 e. The van der Waals surface area contributed by atoms with Crippen LogP contribution in [0.15, 0.2) is 21.5 Å². The lowest BCUT2D eigenvalue weighted by atomic mass is 10.1. The minimum atomic E-state index is -0.0340. The second-order valence-electron chi connectivity index (χ2n) is 5.41. The Morgan fingerprint density at radius 3 is 2.77 bits per heavy atom. The number of amides is 1. The van der Waals surface area contributed by atoms with Crippen molar-refractivity contribution in [3.63, 3.8) is 0 Å². The first-order valence-corrected chi connectivity index (χ1v) is 8.82. The Hall–Kier alpha value is -1.05. The summed E-state index contributed by atoms with van der Waals surface area (Å²) in [6.45, 7) is 5.00. The standard InChI is InChI=1S/C15H14BrNO3S2/c1-8(2)6-17-14(18)13(22-15(17)21)4-9-3-11-12(5-10(9)16)20-7-19-11/h3-5,8H,6-7H2,1-2H3/b13-4-. The SMILES string of the molecule is CC(C)CN1C(=O)/C(=C/c2cc3c(cc2Br)OCO3)SC1=S. The van der Waals surface area contributed by atoms with Crippen LogP contribution in [0.3, 0.4) is 0 Å². The van der Waals surface area contributed by atoms with Gasteiger partial charge in [-0.3, -0.25) is 9.69 Å². The molecule has 2 heterocycles. The Bertz CT molecular complexity index is 688. The maximum Gasteiger partial charge on any atom is 0.266 e. The van der Waals surface area contributed by atoms with E-state index in [4.69, 9.17) is 21.7 Å². The number of carbonyl (C=O) groups is 1. The molecule has 4 nitrogen and oxygen atoms in total. The number of thiocarbonyl (C=S) groups is 1. The van der Waals surface area contributed by atoms with Gasteiger partial charge in [0.15, 0.2) is 11.5 Å². The molecule has 1 aromatic carbocycles. The van der Waals surface area contributed by atoms with E-state index in [0.717, 1.165) is 10.0 Å². The van der Waals surface area contributed by atoms with Crippen LogP contribution in [0.2, 0.25) is 0 Å². The second-order valence-corrected chi connectivity index (χ2v) is 7.94. The van der Waals surface area contributed by atoms with Crippen molar-refractivity contribution in [2.45, 2.75) is 13.8 Å². The van der Waals surface area contributed by atoms with Crippen LogP contribution in [0.5, 0.6) is 11.5 Å². The molecule has 0 bridgehead atoms. The largest absolute Gasteiger partial charge is 0.454 e. The molecule has 0 spiro atoms. The van der Waals surface area contributed by atoms with Crippen LogP contribution >= 0.6 is 39.9 Å². The maximum atomic E-state index is 12.5. The molecule has 0 atom stereocenters. The van der Waals surface area contributed by atoms with Gasteiger partial charge < -0.3 is 9.47 Å². The third-order valence-corrected chi connectivity index (χ3v) is 5.26. The van der Waals surface area contributed by atoms with Crippen molar-refractivity contribution in [1.82, 2.24) is 4.90 Å². The number of carbonyl (C=O) groups excluding carboxylic acids is 1. The Kier molecular flexibility index (Phi) is 4.47. The molecule has 7 heteroatoms. The van der Waals surface area contributed by atoms with E-state index < -0.39 is 0 Å². The van der Waals surface area contributed by atoms with Crippen LogP contribution in [0.1, 0.15) is 19.4 Å². The van der Waals surface area contributed by atoms with Gasteiger partial charge in [-0.25, -0.2) is 0 Å². The van der Waals surface area contributed by atoms with Gasteiger partial charge in [0.05, 0.1) is 4.91 Å². The van der Waals surface area contributed by atoms with Crippen molar-refractivity contribution >= 4 is 56.2 Å². The number of halogens is 1. The van der Waals surface area contributed by atoms with Gasteiger partial charge in [0.25, 0.3) is 5.91 Å². The zero-order valence-electron chi connectivity index (χ0n) is 12.1. The van der Waals surface area contributed by atoms with E-state index in [9.17, 15) is 4.79 Å². The number of fused-ring (bicyclic) bond motifs is 1.